The van der Waals surface area contributed by atoms with Crippen molar-refractivity contribution < 1.29 is 13.0 Å². The molecule has 0 aromatic heterocycles. The molecule has 30 heavy (non-hydrogen) atoms. The zero-order chi connectivity index (χ0) is 21.8. The summed E-state index contributed by atoms with van der Waals surface area (Å²) in [6.07, 6.45) is 2.17. The van der Waals surface area contributed by atoms with E-state index in [2.05, 4.69) is 49.7 Å². The van der Waals surface area contributed by atoms with Crippen molar-refractivity contribution in [2.24, 2.45) is 0 Å². The van der Waals surface area contributed by atoms with Crippen LogP contribution in [-0.4, -0.2) is 38.4 Å². The summed E-state index contributed by atoms with van der Waals surface area (Å²) < 4.78 is 32.3. The van der Waals surface area contributed by atoms with Gasteiger partial charge in [0.05, 0.1) is 15.8 Å². The highest BCUT2D eigenvalue weighted by Crippen LogP contribution is 2.47. The van der Waals surface area contributed by atoms with E-state index in [1.165, 1.54) is 5.56 Å². The minimum Gasteiger partial charge on any atom is -0.748 e. The van der Waals surface area contributed by atoms with Crippen molar-refractivity contribution in [3.05, 3.63) is 47.3 Å². The lowest BCUT2D eigenvalue weighted by Gasteiger charge is -2.25. The third-order valence-corrected chi connectivity index (χ3v) is 5.08. The van der Waals surface area contributed by atoms with E-state index in [4.69, 9.17) is 0 Å². The highest BCUT2D eigenvalue weighted by atomic mass is 32.2. The Morgan fingerprint density at radius 1 is 1.13 bits per heavy atom. The van der Waals surface area contributed by atoms with Gasteiger partial charge in [-0.15, -0.1) is 5.73 Å². The maximum atomic E-state index is 10.8. The highest BCUT2D eigenvalue weighted by Gasteiger charge is 2.39. The monoisotopic (exact) mass is 441 g/mol. The number of anilines is 1. The van der Waals surface area contributed by atoms with Gasteiger partial charge < -0.3 is 14.8 Å². The fourth-order valence-electron chi connectivity index (χ4n) is 3.10. The zero-order valence-corrected chi connectivity index (χ0v) is 19.3. The first-order valence-electron chi connectivity index (χ1n) is 10.1. The Balaban J connectivity index is -0.000000713. The number of hydrogen-bond donors (Lipinski definition) is 1. The van der Waals surface area contributed by atoms with Gasteiger partial charge in [0.2, 0.25) is 0 Å². The van der Waals surface area contributed by atoms with Crippen LogP contribution in [0.15, 0.2) is 41.8 Å². The molecule has 0 amide bonds. The second-order valence-electron chi connectivity index (χ2n) is 6.65. The number of benzene rings is 1. The van der Waals surface area contributed by atoms with Crippen molar-refractivity contribution in [1.29, 1.82) is 0 Å². The SMILES string of the molecule is C.C.CC.CC=C=C1N(CCCS(=O)(=O)[O-])c2ccccc2C1(C)C.CCNCC. The molecule has 1 N–H and O–H groups in total. The Morgan fingerprint density at radius 3 is 2.10 bits per heavy atom. The smallest absolute Gasteiger partial charge is 0.0946 e. The first-order chi connectivity index (χ1) is 13.2. The van der Waals surface area contributed by atoms with Gasteiger partial charge in [0, 0.05) is 23.4 Å². The van der Waals surface area contributed by atoms with Crippen molar-refractivity contribution in [3.8, 4) is 0 Å². The lowest BCUT2D eigenvalue weighted by Crippen LogP contribution is -2.27. The highest BCUT2D eigenvalue weighted by molar-refractivity contribution is 7.85. The summed E-state index contributed by atoms with van der Waals surface area (Å²) in [5.74, 6) is -0.338. The van der Waals surface area contributed by atoms with Gasteiger partial charge in [-0.25, -0.2) is 8.42 Å². The van der Waals surface area contributed by atoms with Gasteiger partial charge in [-0.2, -0.15) is 0 Å². The summed E-state index contributed by atoms with van der Waals surface area (Å²) in [5.41, 5.74) is 6.36. The van der Waals surface area contributed by atoms with E-state index in [-0.39, 0.29) is 26.0 Å². The molecule has 1 aliphatic rings. The van der Waals surface area contributed by atoms with Crippen LogP contribution in [0.1, 0.15) is 75.3 Å². The molecule has 0 atom stereocenters. The third kappa shape index (κ3) is 9.94. The average Bonchev–Trinajstić information content (AvgIpc) is 2.86. The van der Waals surface area contributed by atoms with E-state index in [0.29, 0.717) is 13.0 Å². The maximum Gasteiger partial charge on any atom is 0.0946 e. The molecule has 6 heteroatoms. The van der Waals surface area contributed by atoms with Gasteiger partial charge in [-0.05, 0) is 58.0 Å². The second-order valence-corrected chi connectivity index (χ2v) is 8.17. The normalized spacial score (nSPS) is 13.2. The van der Waals surface area contributed by atoms with E-state index in [1.54, 1.807) is 0 Å². The summed E-state index contributed by atoms with van der Waals surface area (Å²) in [6.45, 7) is 17.1. The first kappa shape index (κ1) is 33.1. The topological polar surface area (TPSA) is 72.5 Å². The molecule has 0 saturated carbocycles. The molecule has 0 bridgehead atoms. The van der Waals surface area contributed by atoms with Crippen molar-refractivity contribution in [2.75, 3.05) is 30.3 Å². The molecular weight excluding hydrogens is 396 g/mol. The van der Waals surface area contributed by atoms with E-state index in [9.17, 15) is 13.0 Å². The molecule has 1 heterocycles. The zero-order valence-electron chi connectivity index (χ0n) is 18.5. The second kappa shape index (κ2) is 16.1. The molecule has 2 rings (SSSR count). The summed E-state index contributed by atoms with van der Waals surface area (Å²) in [6, 6.07) is 8.06. The van der Waals surface area contributed by atoms with Gasteiger partial charge in [-0.1, -0.05) is 60.7 Å². The van der Waals surface area contributed by atoms with Gasteiger partial charge in [0.25, 0.3) is 0 Å². The standard InChI is InChI=1S/C16H21NO3S.C4H11N.C2H6.2CH4/c1-4-8-15-16(2,3)13-9-5-6-10-14(13)17(15)11-7-12-21(18,19)20;1-3-5-4-2;1-2;;/h4-6,9-10H,7,11-12H2,1-3H3,(H,18,19,20);5H,3-4H2,1-2H3;1-2H3;2*1H4/p-1. The van der Waals surface area contributed by atoms with E-state index in [1.807, 2.05) is 45.0 Å². The molecule has 0 unspecified atom stereocenters. The molecular formula is C24H45N2O3S-. The van der Waals surface area contributed by atoms with Gasteiger partial charge in [-0.3, -0.25) is 0 Å². The summed E-state index contributed by atoms with van der Waals surface area (Å²) >= 11 is 0. The van der Waals surface area contributed by atoms with Crippen LogP contribution < -0.4 is 10.2 Å². The molecule has 1 aromatic carbocycles. The van der Waals surface area contributed by atoms with E-state index >= 15 is 0 Å². The first-order valence-corrected chi connectivity index (χ1v) is 11.7. The lowest BCUT2D eigenvalue weighted by molar-refractivity contribution is 0.461. The van der Waals surface area contributed by atoms with Crippen LogP contribution in [0.5, 0.6) is 0 Å². The molecule has 0 fully saturated rings. The maximum absolute atomic E-state index is 10.8. The number of allylic oxidation sites excluding steroid dienone is 1. The Labute approximate surface area is 187 Å². The molecule has 0 radical (unpaired) electrons. The average molecular weight is 442 g/mol. The van der Waals surface area contributed by atoms with Gasteiger partial charge in [0.15, 0.2) is 0 Å². The summed E-state index contributed by atoms with van der Waals surface area (Å²) in [4.78, 5) is 2.07. The molecule has 5 nitrogen and oxygen atoms in total. The number of fused-ring (bicyclic) bond motifs is 1. The molecule has 0 aliphatic carbocycles. The Bertz CT molecular complexity index is 747. The third-order valence-electron chi connectivity index (χ3n) is 4.29. The predicted molar refractivity (Wildman–Crippen MR) is 132 cm³/mol. The van der Waals surface area contributed by atoms with Gasteiger partial charge in [0.1, 0.15) is 0 Å². The van der Waals surface area contributed by atoms with E-state index in [0.717, 1.165) is 24.5 Å². The van der Waals surface area contributed by atoms with Crippen molar-refractivity contribution in [1.82, 2.24) is 5.32 Å². The molecule has 1 aliphatic heterocycles. The van der Waals surface area contributed by atoms with Crippen LogP contribution >= 0.6 is 0 Å². The molecule has 1 aromatic rings. The van der Waals surface area contributed by atoms with Crippen LogP contribution in [0.25, 0.3) is 0 Å². The fourth-order valence-corrected chi connectivity index (χ4v) is 3.58. The van der Waals surface area contributed by atoms with Crippen molar-refractivity contribution in [3.63, 3.8) is 0 Å². The minimum absolute atomic E-state index is 0. The van der Waals surface area contributed by atoms with E-state index < -0.39 is 10.1 Å². The van der Waals surface area contributed by atoms with Gasteiger partial charge >= 0.3 is 0 Å². The largest absolute Gasteiger partial charge is 0.748 e. The Kier molecular flexibility index (Phi) is 17.8. The summed E-state index contributed by atoms with van der Waals surface area (Å²) in [5, 5.41) is 3.11. The van der Waals surface area contributed by atoms with Crippen LogP contribution in [0, 0.1) is 0 Å². The Morgan fingerprint density at radius 2 is 1.67 bits per heavy atom. The molecule has 0 spiro atoms. The summed E-state index contributed by atoms with van der Waals surface area (Å²) in [7, 11) is -4.17. The number of hydrogen-bond acceptors (Lipinski definition) is 5. The van der Waals surface area contributed by atoms with Crippen LogP contribution in [0.2, 0.25) is 0 Å². The predicted octanol–water partition coefficient (Wildman–Crippen LogP) is 5.69. The molecule has 176 valence electrons. The number of nitrogens with zero attached hydrogens (tertiary/aromatic N) is 1. The minimum atomic E-state index is -4.17. The van der Waals surface area contributed by atoms with Crippen LogP contribution in [0.3, 0.4) is 0 Å². The van der Waals surface area contributed by atoms with Crippen LogP contribution in [-0.2, 0) is 15.5 Å². The number of nitrogens with one attached hydrogen (secondary N) is 1. The fraction of sp³-hybridized carbons (Fsp3) is 0.625. The lowest BCUT2D eigenvalue weighted by atomic mass is 9.84. The number of para-hydroxylation sites is 1. The van der Waals surface area contributed by atoms with Crippen molar-refractivity contribution in [2.45, 2.75) is 75.2 Å². The number of rotatable bonds is 6. The van der Waals surface area contributed by atoms with Crippen molar-refractivity contribution >= 4 is 15.8 Å². The van der Waals surface area contributed by atoms with Crippen LogP contribution in [0.4, 0.5) is 5.69 Å². The quantitative estimate of drug-likeness (QED) is 0.453. The Hall–Kier alpha value is -1.59. The molecule has 0 saturated heterocycles.